The van der Waals surface area contributed by atoms with Crippen molar-refractivity contribution >= 4 is 41.6 Å². The maximum atomic E-state index is 8.77. The van der Waals surface area contributed by atoms with Gasteiger partial charge in [-0.25, -0.2) is 0 Å². The van der Waals surface area contributed by atoms with Crippen LogP contribution in [-0.2, 0) is 17.4 Å². The van der Waals surface area contributed by atoms with Crippen LogP contribution in [0.25, 0.3) is 0 Å². The highest BCUT2D eigenvalue weighted by atomic mass is 28.4. The molecule has 0 saturated carbocycles. The Morgan fingerprint density at radius 3 is 0.985 bits per heavy atom. The van der Waals surface area contributed by atoms with E-state index in [1.807, 2.05) is 0 Å². The molecule has 0 bridgehead atoms. The van der Waals surface area contributed by atoms with Crippen LogP contribution >= 0.6 is 0 Å². The average Bonchev–Trinajstić information content (AvgIpc) is 3.25. The van der Waals surface area contributed by atoms with E-state index < -0.39 is 41.6 Å². The van der Waals surface area contributed by atoms with Crippen LogP contribution in [0.2, 0.25) is 87.6 Å². The summed E-state index contributed by atoms with van der Waals surface area (Å²) in [7, 11) is -11.2. The van der Waals surface area contributed by atoms with Crippen LogP contribution in [0.4, 0.5) is 0 Å². The molecular formula is C58H128O4Si5. The Morgan fingerprint density at radius 1 is 0.343 bits per heavy atom. The summed E-state index contributed by atoms with van der Waals surface area (Å²) < 4.78 is 31.8. The molecule has 0 heterocycles. The topological polar surface area (TPSA) is 36.9 Å². The molecule has 0 radical (unpaired) electrons. The van der Waals surface area contributed by atoms with Crippen molar-refractivity contribution in [3.63, 3.8) is 0 Å². The van der Waals surface area contributed by atoms with E-state index in [0.29, 0.717) is 0 Å². The van der Waals surface area contributed by atoms with Crippen LogP contribution in [-0.4, -0.2) is 58.0 Å². The molecule has 0 aromatic heterocycles. The highest BCUT2D eigenvalue weighted by molar-refractivity contribution is 6.83. The van der Waals surface area contributed by atoms with Crippen molar-refractivity contribution in [2.45, 2.75) is 373 Å². The molecule has 0 saturated heterocycles. The van der Waals surface area contributed by atoms with Crippen LogP contribution < -0.4 is 0 Å². The van der Waals surface area contributed by atoms with E-state index in [9.17, 15) is 0 Å². The van der Waals surface area contributed by atoms with Gasteiger partial charge >= 0.3 is 8.56 Å². The van der Waals surface area contributed by atoms with Gasteiger partial charge in [0.2, 0.25) is 0 Å². The molecule has 5 atom stereocenters. The third-order valence-corrected chi connectivity index (χ3v) is 38.6. The lowest BCUT2D eigenvalue weighted by atomic mass is 9.81. The first kappa shape index (κ1) is 67.9. The monoisotopic (exact) mass is 1030 g/mol. The molecule has 5 unspecified atom stereocenters. The fourth-order valence-electron chi connectivity index (χ4n) is 13.3. The van der Waals surface area contributed by atoms with Crippen molar-refractivity contribution in [1.29, 1.82) is 0 Å². The van der Waals surface area contributed by atoms with Gasteiger partial charge in [-0.2, -0.15) is 0 Å². The Morgan fingerprint density at radius 2 is 0.701 bits per heavy atom. The van der Waals surface area contributed by atoms with Gasteiger partial charge in [0.25, 0.3) is 0 Å². The van der Waals surface area contributed by atoms with E-state index in [1.54, 1.807) is 0 Å². The summed E-state index contributed by atoms with van der Waals surface area (Å²) in [6.45, 7) is 54.5. The van der Waals surface area contributed by atoms with Crippen LogP contribution in [0, 0.1) is 0 Å². The Balaban J connectivity index is 7.51. The molecule has 0 aromatic rings. The molecule has 0 spiro atoms. The first-order valence-corrected chi connectivity index (χ1v) is 44.9. The van der Waals surface area contributed by atoms with Crippen molar-refractivity contribution in [2.24, 2.45) is 0 Å². The first-order valence-electron chi connectivity index (χ1n) is 29.9. The zero-order chi connectivity index (χ0) is 51.7. The summed E-state index contributed by atoms with van der Waals surface area (Å²) in [5.74, 6) is 0. The predicted molar refractivity (Wildman–Crippen MR) is 317 cm³/mol. The van der Waals surface area contributed by atoms with Gasteiger partial charge in [-0.15, -0.1) is 0 Å². The van der Waals surface area contributed by atoms with Gasteiger partial charge in [0.15, 0.2) is 25.0 Å². The van der Waals surface area contributed by atoms with E-state index in [0.717, 1.165) is 44.9 Å². The average molecular weight is 1030 g/mol. The first-order chi connectivity index (χ1) is 31.1. The molecule has 67 heavy (non-hydrogen) atoms. The van der Waals surface area contributed by atoms with Gasteiger partial charge in [-0.05, 0) is 117 Å². The number of unbranched alkanes of at least 4 members (excludes halogenated alkanes) is 20. The number of rotatable bonds is 44. The maximum Gasteiger partial charge on any atom is 0.321 e. The molecule has 0 aliphatic carbocycles. The molecule has 0 rings (SSSR count). The quantitative estimate of drug-likeness (QED) is 0.0450. The molecular weight excluding hydrogens is 901 g/mol. The van der Waals surface area contributed by atoms with Gasteiger partial charge in [-0.3, -0.25) is 0 Å². The van der Waals surface area contributed by atoms with Gasteiger partial charge in [0.1, 0.15) is 0 Å². The van der Waals surface area contributed by atoms with Gasteiger partial charge in [0, 0.05) is 15.3 Å². The van der Waals surface area contributed by atoms with Gasteiger partial charge in [0.05, 0.1) is 19.3 Å². The Hall–Kier alpha value is 0.924. The van der Waals surface area contributed by atoms with Crippen LogP contribution in [0.3, 0.4) is 0 Å². The fraction of sp³-hybridized carbons (Fsp3) is 1.00. The zero-order valence-electron chi connectivity index (χ0n) is 50.6. The molecule has 0 aliphatic heterocycles. The Bertz CT molecular complexity index is 1260. The smallest absolute Gasteiger partial charge is 0.321 e. The molecule has 4 nitrogen and oxygen atoms in total. The lowest BCUT2D eigenvalue weighted by molar-refractivity contribution is -0.0470. The minimum atomic E-state index is -2.66. The van der Waals surface area contributed by atoms with Gasteiger partial charge in [-0.1, -0.05) is 230 Å². The fourth-order valence-corrected chi connectivity index (χ4v) is 35.0. The normalized spacial score (nSPS) is 18.0. The second-order valence-corrected chi connectivity index (χ2v) is 47.5. The molecule has 404 valence electrons. The van der Waals surface area contributed by atoms with Crippen LogP contribution in [0.1, 0.15) is 269 Å². The minimum Gasteiger partial charge on any atom is -0.436 e. The highest BCUT2D eigenvalue weighted by Crippen LogP contribution is 2.65. The van der Waals surface area contributed by atoms with Crippen molar-refractivity contribution in [3.8, 4) is 0 Å². The summed E-state index contributed by atoms with van der Waals surface area (Å²) in [6, 6.07) is 2.43. The zero-order valence-corrected chi connectivity index (χ0v) is 55.6. The van der Waals surface area contributed by atoms with Crippen molar-refractivity contribution in [2.75, 3.05) is 0 Å². The second kappa shape index (κ2) is 31.6. The molecule has 0 fully saturated rings. The van der Waals surface area contributed by atoms with E-state index in [4.69, 9.17) is 17.4 Å². The molecule has 9 heteroatoms. The highest BCUT2D eigenvalue weighted by Gasteiger charge is 2.67. The lowest BCUT2D eigenvalue weighted by Crippen LogP contribution is -2.69. The van der Waals surface area contributed by atoms with E-state index in [2.05, 4.69) is 149 Å². The third-order valence-electron chi connectivity index (χ3n) is 18.6. The summed E-state index contributed by atoms with van der Waals surface area (Å²) in [4.78, 5) is 0. The van der Waals surface area contributed by atoms with E-state index in [-0.39, 0.29) is 26.5 Å². The SMILES string of the molecule is CCCCCCCCCCCCCC[Si](C)(OC(C)(CC)[Si](C)(C)C)C(C)(CC)C(CC)(CC)O[Si](C)(CCCCCCCCCCCC)C(CC)(CC)C(C)(CC)O[Si](C)(C)O[Si](C)(C)C. The summed E-state index contributed by atoms with van der Waals surface area (Å²) >= 11 is 0. The van der Waals surface area contributed by atoms with Crippen LogP contribution in [0.15, 0.2) is 0 Å². The van der Waals surface area contributed by atoms with Crippen LogP contribution in [0.5, 0.6) is 0 Å². The molecule has 0 aliphatic rings. The van der Waals surface area contributed by atoms with Crippen molar-refractivity contribution in [3.05, 3.63) is 0 Å². The minimum absolute atomic E-state index is 0.0744. The molecule has 0 aromatic carbocycles. The summed E-state index contributed by atoms with van der Waals surface area (Å²) in [5.41, 5.74) is -0.647. The summed E-state index contributed by atoms with van der Waals surface area (Å²) in [6.07, 6.45) is 37.6. The second-order valence-electron chi connectivity index (χ2n) is 25.5. The number of hydrogen-bond donors (Lipinski definition) is 0. The predicted octanol–water partition coefficient (Wildman–Crippen LogP) is 21.9. The molecule has 0 N–H and O–H groups in total. The van der Waals surface area contributed by atoms with E-state index in [1.165, 1.54) is 153 Å². The Kier molecular flexibility index (Phi) is 32.0. The summed E-state index contributed by atoms with van der Waals surface area (Å²) in [5, 5.41) is -0.242. The standard InChI is InChI=1S/C58H128O4Si5/c1-23-32-34-36-38-40-42-43-45-46-48-50-52-66(21,60-56(12,27-5)63(13,14)15)55(11,26-4)57(28-6,29-7)61-67(22,53-51-49-47-44-41-39-37-35-33-24-2)58(30-8,31-9)54(10,25-3)59-65(19,20)62-64(16,17)18/h23-53H2,1-22H3. The maximum absolute atomic E-state index is 8.77. The lowest BCUT2D eigenvalue weighted by Gasteiger charge is -2.64. The Labute approximate surface area is 430 Å². The van der Waals surface area contributed by atoms with Gasteiger partial charge < -0.3 is 17.4 Å². The molecule has 0 amide bonds. The van der Waals surface area contributed by atoms with Crippen molar-refractivity contribution < 1.29 is 17.4 Å². The third kappa shape index (κ3) is 19.9. The number of hydrogen-bond acceptors (Lipinski definition) is 4. The van der Waals surface area contributed by atoms with E-state index >= 15 is 0 Å². The van der Waals surface area contributed by atoms with Crippen molar-refractivity contribution in [1.82, 2.24) is 0 Å². The largest absolute Gasteiger partial charge is 0.436 e.